The number of anilines is 1. The van der Waals surface area contributed by atoms with E-state index in [4.69, 9.17) is 4.74 Å². The van der Waals surface area contributed by atoms with E-state index in [1.807, 2.05) is 0 Å². The van der Waals surface area contributed by atoms with Gasteiger partial charge in [0, 0.05) is 0 Å². The predicted octanol–water partition coefficient (Wildman–Crippen LogP) is 0.631. The van der Waals surface area contributed by atoms with E-state index in [0.717, 1.165) is 4.90 Å². The third-order valence-corrected chi connectivity index (χ3v) is 4.49. The Balaban J connectivity index is 1.77. The number of aliphatic hydroxyl groups excluding tert-OH is 1. The number of amides is 2. The number of ether oxygens (including phenoxy) is 1. The van der Waals surface area contributed by atoms with Crippen LogP contribution in [-0.4, -0.2) is 35.2 Å². The molecule has 6 heteroatoms. The van der Waals surface area contributed by atoms with Crippen molar-refractivity contribution in [3.05, 3.63) is 42.2 Å². The van der Waals surface area contributed by atoms with E-state index in [9.17, 15) is 19.1 Å². The van der Waals surface area contributed by atoms with E-state index in [-0.39, 0.29) is 12.5 Å². The van der Waals surface area contributed by atoms with Crippen molar-refractivity contribution in [3.63, 3.8) is 0 Å². The fraction of sp³-hybridized carbons (Fsp3) is 0.333. The normalized spacial score (nSPS) is 36.7. The highest BCUT2D eigenvalue weighted by atomic mass is 19.1. The Bertz CT molecular complexity index is 671. The van der Waals surface area contributed by atoms with Gasteiger partial charge in [-0.05, 0) is 24.3 Å². The van der Waals surface area contributed by atoms with Gasteiger partial charge in [0.15, 0.2) is 0 Å². The van der Waals surface area contributed by atoms with Crippen molar-refractivity contribution in [1.82, 2.24) is 0 Å². The second-order valence-corrected chi connectivity index (χ2v) is 5.55. The molecule has 4 rings (SSSR count). The quantitative estimate of drug-likeness (QED) is 0.640. The minimum atomic E-state index is -1.10. The Morgan fingerprint density at radius 2 is 1.95 bits per heavy atom. The van der Waals surface area contributed by atoms with Crippen LogP contribution in [0.2, 0.25) is 0 Å². The molecule has 1 aromatic carbocycles. The van der Waals surface area contributed by atoms with Gasteiger partial charge >= 0.3 is 0 Å². The van der Waals surface area contributed by atoms with Crippen LogP contribution in [0.4, 0.5) is 10.1 Å². The number of fused-ring (bicyclic) bond motifs is 5. The van der Waals surface area contributed by atoms with E-state index >= 15 is 0 Å². The first-order valence-corrected chi connectivity index (χ1v) is 6.69. The van der Waals surface area contributed by atoms with Crippen LogP contribution >= 0.6 is 0 Å². The maximum atomic E-state index is 13.0. The molecule has 0 unspecified atom stereocenters. The lowest BCUT2D eigenvalue weighted by atomic mass is 9.77. The number of hydrogen-bond donors (Lipinski definition) is 1. The maximum absolute atomic E-state index is 13.0. The zero-order chi connectivity index (χ0) is 14.8. The summed E-state index contributed by atoms with van der Waals surface area (Å²) in [5, 5.41) is 9.58. The fourth-order valence-electron chi connectivity index (χ4n) is 3.53. The van der Waals surface area contributed by atoms with Crippen LogP contribution in [0.15, 0.2) is 36.4 Å². The SMILES string of the molecule is O=C1[C@H]2[C@@H]3C=C[C@](CO)(O3)[C@H]2C(=O)N1c1ccc(F)cc1. The molecule has 0 aromatic heterocycles. The van der Waals surface area contributed by atoms with E-state index < -0.39 is 35.3 Å². The number of carbonyl (C=O) groups is 2. The van der Waals surface area contributed by atoms with E-state index in [2.05, 4.69) is 0 Å². The number of rotatable bonds is 2. The average molecular weight is 289 g/mol. The molecule has 2 bridgehead atoms. The van der Waals surface area contributed by atoms with Gasteiger partial charge in [-0.3, -0.25) is 9.59 Å². The van der Waals surface area contributed by atoms with E-state index in [0.29, 0.717) is 5.69 Å². The average Bonchev–Trinajstić information content (AvgIpc) is 3.12. The lowest BCUT2D eigenvalue weighted by molar-refractivity contribution is -0.128. The first-order valence-electron chi connectivity index (χ1n) is 6.69. The third-order valence-electron chi connectivity index (χ3n) is 4.49. The lowest BCUT2D eigenvalue weighted by Crippen LogP contribution is -2.43. The van der Waals surface area contributed by atoms with Gasteiger partial charge < -0.3 is 9.84 Å². The number of benzene rings is 1. The highest BCUT2D eigenvalue weighted by molar-refractivity contribution is 6.23. The summed E-state index contributed by atoms with van der Waals surface area (Å²) in [5.41, 5.74) is -0.759. The summed E-state index contributed by atoms with van der Waals surface area (Å²) in [6.07, 6.45) is 2.90. The highest BCUT2D eigenvalue weighted by Crippen LogP contribution is 2.52. The molecule has 3 aliphatic rings. The third kappa shape index (κ3) is 1.46. The first-order chi connectivity index (χ1) is 10.1. The summed E-state index contributed by atoms with van der Waals surface area (Å²) >= 11 is 0. The molecule has 3 heterocycles. The summed E-state index contributed by atoms with van der Waals surface area (Å²) in [7, 11) is 0. The minimum Gasteiger partial charge on any atom is -0.393 e. The number of carbonyl (C=O) groups excluding carboxylic acids is 2. The molecule has 0 spiro atoms. The molecule has 4 atom stereocenters. The van der Waals surface area contributed by atoms with Gasteiger partial charge in [0.2, 0.25) is 11.8 Å². The standard InChI is InChI=1S/C15H12FNO4/c16-8-1-3-9(4-2-8)17-13(19)11-10-5-6-15(7-18,21-10)12(11)14(17)20/h1-6,10-12,18H,7H2/t10-,11-,12+,15+/m0/s1. The van der Waals surface area contributed by atoms with Gasteiger partial charge in [-0.15, -0.1) is 0 Å². The summed E-state index contributed by atoms with van der Waals surface area (Å²) in [6.45, 7) is -0.350. The molecule has 2 fully saturated rings. The van der Waals surface area contributed by atoms with Crippen LogP contribution in [0.5, 0.6) is 0 Å². The monoisotopic (exact) mass is 289 g/mol. The van der Waals surface area contributed by atoms with Gasteiger partial charge in [0.05, 0.1) is 30.2 Å². The minimum absolute atomic E-state index is 0.341. The Morgan fingerprint density at radius 3 is 2.62 bits per heavy atom. The Kier molecular flexibility index (Phi) is 2.41. The Labute approximate surface area is 119 Å². The van der Waals surface area contributed by atoms with Crippen LogP contribution in [-0.2, 0) is 14.3 Å². The van der Waals surface area contributed by atoms with Crippen molar-refractivity contribution in [1.29, 1.82) is 0 Å². The van der Waals surface area contributed by atoms with Crippen molar-refractivity contribution < 1.29 is 23.8 Å². The molecule has 3 aliphatic heterocycles. The van der Waals surface area contributed by atoms with Gasteiger partial charge in [0.1, 0.15) is 11.4 Å². The molecular weight excluding hydrogens is 277 g/mol. The molecule has 2 saturated heterocycles. The highest BCUT2D eigenvalue weighted by Gasteiger charge is 2.67. The van der Waals surface area contributed by atoms with Crippen LogP contribution in [0, 0.1) is 17.7 Å². The summed E-state index contributed by atoms with van der Waals surface area (Å²) in [4.78, 5) is 26.2. The second kappa shape index (κ2) is 3.99. The summed E-state index contributed by atoms with van der Waals surface area (Å²) < 4.78 is 18.6. The predicted molar refractivity (Wildman–Crippen MR) is 69.7 cm³/mol. The number of aliphatic hydroxyl groups is 1. The second-order valence-electron chi connectivity index (χ2n) is 5.55. The topological polar surface area (TPSA) is 66.8 Å². The van der Waals surface area contributed by atoms with Gasteiger partial charge in [-0.1, -0.05) is 12.2 Å². The van der Waals surface area contributed by atoms with Gasteiger partial charge in [0.25, 0.3) is 0 Å². The van der Waals surface area contributed by atoms with Crippen molar-refractivity contribution in [2.45, 2.75) is 11.7 Å². The van der Waals surface area contributed by atoms with Crippen molar-refractivity contribution in [3.8, 4) is 0 Å². The molecule has 5 nitrogen and oxygen atoms in total. The van der Waals surface area contributed by atoms with Crippen LogP contribution in [0.3, 0.4) is 0 Å². The Morgan fingerprint density at radius 1 is 1.24 bits per heavy atom. The summed E-state index contributed by atoms with van der Waals surface area (Å²) in [5.74, 6) is -2.52. The van der Waals surface area contributed by atoms with Crippen LogP contribution < -0.4 is 4.90 Å². The molecule has 0 saturated carbocycles. The van der Waals surface area contributed by atoms with E-state index in [1.165, 1.54) is 24.3 Å². The molecule has 1 N–H and O–H groups in total. The first kappa shape index (κ1) is 12.7. The molecule has 0 aliphatic carbocycles. The number of imide groups is 1. The smallest absolute Gasteiger partial charge is 0.241 e. The fourth-order valence-corrected chi connectivity index (χ4v) is 3.53. The van der Waals surface area contributed by atoms with Crippen molar-refractivity contribution >= 4 is 17.5 Å². The van der Waals surface area contributed by atoms with Gasteiger partial charge in [-0.25, -0.2) is 9.29 Å². The molecular formula is C15H12FNO4. The van der Waals surface area contributed by atoms with Crippen LogP contribution in [0.1, 0.15) is 0 Å². The van der Waals surface area contributed by atoms with Gasteiger partial charge in [-0.2, -0.15) is 0 Å². The molecule has 2 amide bonds. The maximum Gasteiger partial charge on any atom is 0.241 e. The van der Waals surface area contributed by atoms with Crippen LogP contribution in [0.25, 0.3) is 0 Å². The lowest BCUT2D eigenvalue weighted by Gasteiger charge is -2.26. The largest absolute Gasteiger partial charge is 0.393 e. The van der Waals surface area contributed by atoms with Crippen molar-refractivity contribution in [2.24, 2.45) is 11.8 Å². The molecule has 1 aromatic rings. The molecule has 108 valence electrons. The zero-order valence-electron chi connectivity index (χ0n) is 10.9. The number of halogens is 1. The number of hydrogen-bond acceptors (Lipinski definition) is 4. The molecule has 21 heavy (non-hydrogen) atoms. The Hall–Kier alpha value is -2.05. The van der Waals surface area contributed by atoms with Crippen molar-refractivity contribution in [2.75, 3.05) is 11.5 Å². The zero-order valence-corrected chi connectivity index (χ0v) is 10.9. The summed E-state index contributed by atoms with van der Waals surface area (Å²) in [6, 6.07) is 5.20. The number of nitrogens with zero attached hydrogens (tertiary/aromatic N) is 1. The molecule has 0 radical (unpaired) electrons. The van der Waals surface area contributed by atoms with E-state index in [1.54, 1.807) is 12.2 Å².